The lowest BCUT2D eigenvalue weighted by Crippen LogP contribution is -2.31. The Bertz CT molecular complexity index is 999. The number of aromatic nitrogens is 2. The molecule has 28 heavy (non-hydrogen) atoms. The number of benzene rings is 2. The number of hydrogen-bond donors (Lipinski definition) is 1. The van der Waals surface area contributed by atoms with E-state index >= 15 is 0 Å². The lowest BCUT2D eigenvalue weighted by molar-refractivity contribution is 0.0981. The zero-order valence-corrected chi connectivity index (χ0v) is 16.1. The van der Waals surface area contributed by atoms with E-state index in [1.54, 1.807) is 35.2 Å². The molecule has 2 aromatic carbocycles. The van der Waals surface area contributed by atoms with E-state index in [1.807, 2.05) is 38.1 Å². The number of nitrogens with zero attached hydrogens (tertiary/aromatic N) is 3. The van der Waals surface area contributed by atoms with Crippen LogP contribution in [0.25, 0.3) is 0 Å². The van der Waals surface area contributed by atoms with Gasteiger partial charge in [-0.2, -0.15) is 0 Å². The van der Waals surface area contributed by atoms with Crippen molar-refractivity contribution >= 4 is 28.9 Å². The maximum Gasteiger partial charge on any atom is 0.277 e. The molecular formula is C22H22N4O2. The molecule has 0 aliphatic heterocycles. The van der Waals surface area contributed by atoms with Gasteiger partial charge >= 0.3 is 0 Å². The molecule has 1 aromatic heterocycles. The van der Waals surface area contributed by atoms with Crippen LogP contribution in [-0.2, 0) is 0 Å². The van der Waals surface area contributed by atoms with Crippen LogP contribution in [0.2, 0.25) is 0 Å². The highest BCUT2D eigenvalue weighted by atomic mass is 16.2. The van der Waals surface area contributed by atoms with Gasteiger partial charge < -0.3 is 10.2 Å². The number of amides is 1. The van der Waals surface area contributed by atoms with Gasteiger partial charge in [-0.05, 0) is 62.7 Å². The summed E-state index contributed by atoms with van der Waals surface area (Å²) in [5.74, 6) is 0.331. The van der Waals surface area contributed by atoms with Crippen molar-refractivity contribution in [1.82, 2.24) is 9.97 Å². The molecule has 1 N–H and O–H groups in total. The largest absolute Gasteiger partial charge is 0.340 e. The van der Waals surface area contributed by atoms with Crippen LogP contribution in [0.3, 0.4) is 0 Å². The van der Waals surface area contributed by atoms with Gasteiger partial charge in [0.25, 0.3) is 5.91 Å². The summed E-state index contributed by atoms with van der Waals surface area (Å²) in [5.41, 5.74) is 3.64. The van der Waals surface area contributed by atoms with Crippen molar-refractivity contribution in [3.8, 4) is 0 Å². The Balaban J connectivity index is 1.81. The molecular weight excluding hydrogens is 352 g/mol. The highest BCUT2D eigenvalue weighted by molar-refractivity contribution is 6.05. The molecule has 3 rings (SSSR count). The van der Waals surface area contributed by atoms with Gasteiger partial charge in [0.2, 0.25) is 0 Å². The fourth-order valence-corrected chi connectivity index (χ4v) is 2.86. The molecule has 1 amide bonds. The van der Waals surface area contributed by atoms with E-state index in [-0.39, 0.29) is 11.7 Å². The van der Waals surface area contributed by atoms with Gasteiger partial charge in [0, 0.05) is 29.5 Å². The summed E-state index contributed by atoms with van der Waals surface area (Å²) in [7, 11) is 0. The zero-order chi connectivity index (χ0) is 20.1. The molecule has 0 radical (unpaired) electrons. The van der Waals surface area contributed by atoms with Gasteiger partial charge in [-0.25, -0.2) is 9.97 Å². The Kier molecular flexibility index (Phi) is 5.79. The lowest BCUT2D eigenvalue weighted by Gasteiger charge is -2.21. The van der Waals surface area contributed by atoms with Gasteiger partial charge in [-0.15, -0.1) is 0 Å². The molecule has 6 heteroatoms. The number of hydrogen-bond acceptors (Lipinski definition) is 5. The van der Waals surface area contributed by atoms with Crippen molar-refractivity contribution < 1.29 is 9.59 Å². The van der Waals surface area contributed by atoms with E-state index in [2.05, 4.69) is 15.3 Å². The summed E-state index contributed by atoms with van der Waals surface area (Å²) in [6.07, 6.45) is 1.36. The third kappa shape index (κ3) is 4.40. The number of ketones is 1. The summed E-state index contributed by atoms with van der Waals surface area (Å²) in [6, 6.07) is 16.5. The Morgan fingerprint density at radius 3 is 2.43 bits per heavy atom. The van der Waals surface area contributed by atoms with Crippen LogP contribution in [0.15, 0.2) is 60.9 Å². The summed E-state index contributed by atoms with van der Waals surface area (Å²) in [6.45, 7) is 5.98. The number of carbonyl (C=O) groups is 2. The first-order valence-corrected chi connectivity index (χ1v) is 9.06. The highest BCUT2D eigenvalue weighted by Gasteiger charge is 2.18. The first-order chi connectivity index (χ1) is 13.5. The van der Waals surface area contributed by atoms with Crippen molar-refractivity contribution in [2.45, 2.75) is 20.8 Å². The molecule has 0 saturated carbocycles. The summed E-state index contributed by atoms with van der Waals surface area (Å²) in [4.78, 5) is 34.4. The molecule has 0 aliphatic rings. The number of nitrogens with one attached hydrogen (secondary N) is 1. The van der Waals surface area contributed by atoms with Crippen molar-refractivity contribution in [2.24, 2.45) is 0 Å². The number of anilines is 3. The average Bonchev–Trinajstić information content (AvgIpc) is 2.69. The van der Waals surface area contributed by atoms with Gasteiger partial charge in [-0.1, -0.05) is 12.1 Å². The van der Waals surface area contributed by atoms with Gasteiger partial charge in [0.15, 0.2) is 5.78 Å². The quantitative estimate of drug-likeness (QED) is 0.647. The fraction of sp³-hybridized carbons (Fsp3) is 0.182. The molecule has 0 bridgehead atoms. The second kappa shape index (κ2) is 8.43. The minimum Gasteiger partial charge on any atom is -0.340 e. The monoisotopic (exact) mass is 374 g/mol. The SMILES string of the molecule is CCN(C(=O)c1cc(Nc2ccc(C(C)=O)cc2)ncn1)c1cccc(C)c1. The van der Waals surface area contributed by atoms with Crippen LogP contribution in [0, 0.1) is 6.92 Å². The predicted molar refractivity (Wildman–Crippen MR) is 110 cm³/mol. The highest BCUT2D eigenvalue weighted by Crippen LogP contribution is 2.20. The van der Waals surface area contributed by atoms with Crippen molar-refractivity contribution in [3.63, 3.8) is 0 Å². The van der Waals surface area contributed by atoms with Gasteiger partial charge in [-0.3, -0.25) is 9.59 Å². The smallest absolute Gasteiger partial charge is 0.277 e. The van der Waals surface area contributed by atoms with Crippen LogP contribution in [-0.4, -0.2) is 28.2 Å². The average molecular weight is 374 g/mol. The standard InChI is InChI=1S/C22H22N4O2/c1-4-26(19-7-5-6-15(2)12-19)22(28)20-13-21(24-14-23-20)25-18-10-8-17(9-11-18)16(3)27/h5-14H,4H2,1-3H3,(H,23,24,25). The minimum absolute atomic E-state index is 0.0114. The van der Waals surface area contributed by atoms with Gasteiger partial charge in [0.1, 0.15) is 17.8 Å². The lowest BCUT2D eigenvalue weighted by atomic mass is 10.1. The van der Waals surface area contributed by atoms with E-state index in [4.69, 9.17) is 0 Å². The molecule has 1 heterocycles. The maximum absolute atomic E-state index is 13.0. The number of Topliss-reactive ketones (excluding diaryl/α,β-unsaturated/α-hetero) is 1. The van der Waals surface area contributed by atoms with E-state index < -0.39 is 0 Å². The van der Waals surface area contributed by atoms with Crippen molar-refractivity contribution in [2.75, 3.05) is 16.8 Å². The van der Waals surface area contributed by atoms with Crippen LogP contribution in [0.4, 0.5) is 17.2 Å². The third-order valence-electron chi connectivity index (χ3n) is 4.32. The van der Waals surface area contributed by atoms with Crippen LogP contribution in [0.1, 0.15) is 40.3 Å². The number of carbonyl (C=O) groups excluding carboxylic acids is 2. The molecule has 3 aromatic rings. The second-order valence-corrected chi connectivity index (χ2v) is 6.44. The first-order valence-electron chi connectivity index (χ1n) is 9.06. The van der Waals surface area contributed by atoms with Crippen molar-refractivity contribution in [3.05, 3.63) is 77.7 Å². The van der Waals surface area contributed by atoms with Crippen molar-refractivity contribution in [1.29, 1.82) is 0 Å². The molecule has 0 fully saturated rings. The van der Waals surface area contributed by atoms with E-state index in [1.165, 1.54) is 13.3 Å². The first kappa shape index (κ1) is 19.2. The minimum atomic E-state index is -0.189. The van der Waals surface area contributed by atoms with E-state index in [0.717, 1.165) is 16.9 Å². The summed E-state index contributed by atoms with van der Waals surface area (Å²) < 4.78 is 0. The van der Waals surface area contributed by atoms with Crippen LogP contribution < -0.4 is 10.2 Å². The van der Waals surface area contributed by atoms with Gasteiger partial charge in [0.05, 0.1) is 0 Å². The number of rotatable bonds is 6. The Labute approximate surface area is 164 Å². The molecule has 0 unspecified atom stereocenters. The molecule has 0 saturated heterocycles. The zero-order valence-electron chi connectivity index (χ0n) is 16.1. The Morgan fingerprint density at radius 1 is 1.04 bits per heavy atom. The molecule has 0 atom stereocenters. The third-order valence-corrected chi connectivity index (χ3v) is 4.32. The molecule has 0 aliphatic carbocycles. The maximum atomic E-state index is 13.0. The normalized spacial score (nSPS) is 10.4. The topological polar surface area (TPSA) is 75.2 Å². The Hall–Kier alpha value is -3.54. The molecule has 0 spiro atoms. The summed E-state index contributed by atoms with van der Waals surface area (Å²) in [5, 5.41) is 3.14. The predicted octanol–water partition coefficient (Wildman–Crippen LogP) is 4.40. The van der Waals surface area contributed by atoms with E-state index in [9.17, 15) is 9.59 Å². The van der Waals surface area contributed by atoms with Crippen LogP contribution in [0.5, 0.6) is 0 Å². The second-order valence-electron chi connectivity index (χ2n) is 6.44. The Morgan fingerprint density at radius 2 is 1.79 bits per heavy atom. The molecule has 6 nitrogen and oxygen atoms in total. The van der Waals surface area contributed by atoms with Crippen LogP contribution >= 0.6 is 0 Å². The number of aryl methyl sites for hydroxylation is 1. The fourth-order valence-electron chi connectivity index (χ4n) is 2.86. The van der Waals surface area contributed by atoms with E-state index in [0.29, 0.717) is 23.6 Å². The summed E-state index contributed by atoms with van der Waals surface area (Å²) >= 11 is 0. The molecule has 142 valence electrons.